The molecule has 2 heteroatoms. The van der Waals surface area contributed by atoms with Crippen LogP contribution >= 0.6 is 0 Å². The second kappa shape index (κ2) is 4.87. The first-order chi connectivity index (χ1) is 6.26. The summed E-state index contributed by atoms with van der Waals surface area (Å²) in [6.07, 6.45) is 1.80. The van der Waals surface area contributed by atoms with Gasteiger partial charge in [-0.3, -0.25) is 0 Å². The molecule has 0 heterocycles. The van der Waals surface area contributed by atoms with Crippen molar-refractivity contribution in [3.8, 4) is 5.75 Å². The van der Waals surface area contributed by atoms with Gasteiger partial charge in [0.1, 0.15) is 5.75 Å². The third-order valence-corrected chi connectivity index (χ3v) is 2.27. The van der Waals surface area contributed by atoms with Crippen molar-refractivity contribution in [1.29, 1.82) is 0 Å². The topological polar surface area (TPSA) is 40.5 Å². The van der Waals surface area contributed by atoms with Gasteiger partial charge >= 0.3 is 0 Å². The SMILES string of the molecule is CCC(CO)Cc1cccc(O)c1. The van der Waals surface area contributed by atoms with Crippen LogP contribution in [0, 0.1) is 5.92 Å². The van der Waals surface area contributed by atoms with Crippen LogP contribution < -0.4 is 0 Å². The fourth-order valence-electron chi connectivity index (χ4n) is 1.35. The Labute approximate surface area is 78.8 Å². The van der Waals surface area contributed by atoms with E-state index < -0.39 is 0 Å². The fraction of sp³-hybridized carbons (Fsp3) is 0.455. The van der Waals surface area contributed by atoms with Crippen LogP contribution in [0.3, 0.4) is 0 Å². The van der Waals surface area contributed by atoms with Gasteiger partial charge in [0, 0.05) is 6.61 Å². The molecule has 1 aromatic carbocycles. The van der Waals surface area contributed by atoms with Gasteiger partial charge in [0.05, 0.1) is 0 Å². The number of benzene rings is 1. The highest BCUT2D eigenvalue weighted by Gasteiger charge is 2.05. The van der Waals surface area contributed by atoms with Crippen molar-refractivity contribution >= 4 is 0 Å². The van der Waals surface area contributed by atoms with E-state index in [9.17, 15) is 5.11 Å². The zero-order valence-corrected chi connectivity index (χ0v) is 7.90. The van der Waals surface area contributed by atoms with Gasteiger partial charge in [-0.2, -0.15) is 0 Å². The highest BCUT2D eigenvalue weighted by Crippen LogP contribution is 2.16. The summed E-state index contributed by atoms with van der Waals surface area (Å²) < 4.78 is 0. The summed E-state index contributed by atoms with van der Waals surface area (Å²) in [4.78, 5) is 0. The van der Waals surface area contributed by atoms with Crippen molar-refractivity contribution in [3.63, 3.8) is 0 Å². The molecule has 2 nitrogen and oxygen atoms in total. The zero-order valence-electron chi connectivity index (χ0n) is 7.90. The van der Waals surface area contributed by atoms with Crippen LogP contribution in [0.4, 0.5) is 0 Å². The minimum atomic E-state index is 0.214. The molecule has 0 fully saturated rings. The van der Waals surface area contributed by atoms with E-state index in [-0.39, 0.29) is 6.61 Å². The van der Waals surface area contributed by atoms with Crippen molar-refractivity contribution in [2.24, 2.45) is 5.92 Å². The third kappa shape index (κ3) is 3.07. The summed E-state index contributed by atoms with van der Waals surface area (Å²) in [5.41, 5.74) is 1.08. The van der Waals surface area contributed by atoms with Crippen LogP contribution in [0.1, 0.15) is 18.9 Å². The molecule has 1 aromatic rings. The Morgan fingerprint density at radius 3 is 2.69 bits per heavy atom. The van der Waals surface area contributed by atoms with Crippen molar-refractivity contribution < 1.29 is 10.2 Å². The molecule has 0 saturated carbocycles. The summed E-state index contributed by atoms with van der Waals surface area (Å²) in [5.74, 6) is 0.604. The summed E-state index contributed by atoms with van der Waals surface area (Å²) in [6.45, 7) is 2.27. The lowest BCUT2D eigenvalue weighted by Crippen LogP contribution is -2.07. The Morgan fingerprint density at radius 2 is 2.15 bits per heavy atom. The molecule has 0 bridgehead atoms. The number of aliphatic hydroxyl groups excluding tert-OH is 1. The van der Waals surface area contributed by atoms with Crippen molar-refractivity contribution in [3.05, 3.63) is 29.8 Å². The molecule has 1 atom stereocenters. The van der Waals surface area contributed by atoms with Crippen LogP contribution in [0.5, 0.6) is 5.75 Å². The van der Waals surface area contributed by atoms with Gasteiger partial charge in [0.2, 0.25) is 0 Å². The first-order valence-corrected chi connectivity index (χ1v) is 4.65. The minimum absolute atomic E-state index is 0.214. The largest absolute Gasteiger partial charge is 0.508 e. The smallest absolute Gasteiger partial charge is 0.115 e. The number of rotatable bonds is 4. The first-order valence-electron chi connectivity index (χ1n) is 4.65. The molecule has 1 rings (SSSR count). The quantitative estimate of drug-likeness (QED) is 0.743. The Kier molecular flexibility index (Phi) is 3.77. The van der Waals surface area contributed by atoms with E-state index in [1.165, 1.54) is 0 Å². The van der Waals surface area contributed by atoms with Gasteiger partial charge in [-0.05, 0) is 30.0 Å². The Morgan fingerprint density at radius 1 is 1.38 bits per heavy atom. The maximum atomic E-state index is 9.21. The fourth-order valence-corrected chi connectivity index (χ4v) is 1.35. The second-order valence-corrected chi connectivity index (χ2v) is 3.33. The average molecular weight is 180 g/mol. The van der Waals surface area contributed by atoms with Gasteiger partial charge in [0.25, 0.3) is 0 Å². The Balaban J connectivity index is 2.62. The Hall–Kier alpha value is -1.02. The number of phenols is 1. The lowest BCUT2D eigenvalue weighted by atomic mass is 9.98. The normalized spacial score (nSPS) is 12.8. The summed E-state index contributed by atoms with van der Waals surface area (Å²) >= 11 is 0. The predicted octanol–water partition coefficient (Wildman–Crippen LogP) is 1.95. The molecule has 0 aliphatic carbocycles. The van der Waals surface area contributed by atoms with Gasteiger partial charge in [0.15, 0.2) is 0 Å². The molecule has 0 amide bonds. The lowest BCUT2D eigenvalue weighted by molar-refractivity contribution is 0.222. The number of aliphatic hydroxyl groups is 1. The van der Waals surface area contributed by atoms with Crippen molar-refractivity contribution in [1.82, 2.24) is 0 Å². The second-order valence-electron chi connectivity index (χ2n) is 3.33. The predicted molar refractivity (Wildman–Crippen MR) is 52.7 cm³/mol. The number of aromatic hydroxyl groups is 1. The van der Waals surface area contributed by atoms with Gasteiger partial charge < -0.3 is 10.2 Å². The van der Waals surface area contributed by atoms with Crippen LogP contribution in [-0.4, -0.2) is 16.8 Å². The molecule has 1 unspecified atom stereocenters. The van der Waals surface area contributed by atoms with Gasteiger partial charge in [-0.15, -0.1) is 0 Å². The molecule has 0 spiro atoms. The average Bonchev–Trinajstić information content (AvgIpc) is 2.14. The zero-order chi connectivity index (χ0) is 9.68. The Bertz CT molecular complexity index is 254. The van der Waals surface area contributed by atoms with E-state index in [0.717, 1.165) is 18.4 Å². The maximum Gasteiger partial charge on any atom is 0.115 e. The highest BCUT2D eigenvalue weighted by molar-refractivity contribution is 5.27. The molecule has 72 valence electrons. The molecule has 2 N–H and O–H groups in total. The first kappa shape index (κ1) is 10.1. The van der Waals surface area contributed by atoms with E-state index in [1.807, 2.05) is 12.1 Å². The molecular formula is C11H16O2. The van der Waals surface area contributed by atoms with E-state index in [0.29, 0.717) is 11.7 Å². The molecule has 13 heavy (non-hydrogen) atoms. The standard InChI is InChI=1S/C11H16O2/c1-2-9(8-12)6-10-4-3-5-11(13)7-10/h3-5,7,9,12-13H,2,6,8H2,1H3. The lowest BCUT2D eigenvalue weighted by Gasteiger charge is -2.11. The van der Waals surface area contributed by atoms with Crippen LogP contribution in [-0.2, 0) is 6.42 Å². The maximum absolute atomic E-state index is 9.21. The molecule has 0 saturated heterocycles. The number of phenolic OH excluding ortho intramolecular Hbond substituents is 1. The number of hydrogen-bond donors (Lipinski definition) is 2. The number of hydrogen-bond acceptors (Lipinski definition) is 2. The van der Waals surface area contributed by atoms with Crippen molar-refractivity contribution in [2.75, 3.05) is 6.61 Å². The minimum Gasteiger partial charge on any atom is -0.508 e. The van der Waals surface area contributed by atoms with E-state index in [2.05, 4.69) is 6.92 Å². The summed E-state index contributed by atoms with van der Waals surface area (Å²) in [5, 5.41) is 18.2. The van der Waals surface area contributed by atoms with E-state index >= 15 is 0 Å². The van der Waals surface area contributed by atoms with E-state index in [4.69, 9.17) is 5.11 Å². The van der Waals surface area contributed by atoms with Crippen molar-refractivity contribution in [2.45, 2.75) is 19.8 Å². The molecular weight excluding hydrogens is 164 g/mol. The third-order valence-electron chi connectivity index (χ3n) is 2.27. The van der Waals surface area contributed by atoms with Crippen LogP contribution in [0.15, 0.2) is 24.3 Å². The van der Waals surface area contributed by atoms with E-state index in [1.54, 1.807) is 12.1 Å². The highest BCUT2D eigenvalue weighted by atomic mass is 16.3. The molecule has 0 radical (unpaired) electrons. The summed E-state index contributed by atoms with van der Waals surface area (Å²) in [6, 6.07) is 7.20. The van der Waals surface area contributed by atoms with Crippen LogP contribution in [0.25, 0.3) is 0 Å². The molecule has 0 aromatic heterocycles. The monoisotopic (exact) mass is 180 g/mol. The molecule has 0 aliphatic rings. The summed E-state index contributed by atoms with van der Waals surface area (Å²) in [7, 11) is 0. The van der Waals surface area contributed by atoms with Crippen LogP contribution in [0.2, 0.25) is 0 Å². The molecule has 0 aliphatic heterocycles. The van der Waals surface area contributed by atoms with Gasteiger partial charge in [-0.1, -0.05) is 25.5 Å². The van der Waals surface area contributed by atoms with Gasteiger partial charge in [-0.25, -0.2) is 0 Å².